The highest BCUT2D eigenvalue weighted by molar-refractivity contribution is 6.30. The Kier molecular flexibility index (Phi) is 6.17. The maximum Gasteiger partial charge on any atom is 0.253 e. The quantitative estimate of drug-likeness (QED) is 0.858. The number of aryl methyl sites for hydroxylation is 1. The summed E-state index contributed by atoms with van der Waals surface area (Å²) >= 11 is 6.12. The van der Waals surface area contributed by atoms with Crippen LogP contribution in [0.1, 0.15) is 22.3 Å². The fraction of sp³-hybridized carbons (Fsp3) is 0.286. The van der Waals surface area contributed by atoms with E-state index >= 15 is 0 Å². The molecule has 0 bridgehead atoms. The average molecular weight is 397 g/mol. The second-order valence-electron chi connectivity index (χ2n) is 6.67. The fourth-order valence-corrected chi connectivity index (χ4v) is 3.40. The molecule has 0 aliphatic carbocycles. The lowest BCUT2D eigenvalue weighted by Crippen LogP contribution is -2.49. The Balaban J connectivity index is 1.60. The van der Waals surface area contributed by atoms with Crippen LogP contribution in [-0.2, 0) is 4.79 Å². The van der Waals surface area contributed by atoms with Gasteiger partial charge in [0.25, 0.3) is 5.91 Å². The Labute approximate surface area is 169 Å². The number of nitriles is 1. The van der Waals surface area contributed by atoms with Crippen molar-refractivity contribution in [2.45, 2.75) is 13.3 Å². The van der Waals surface area contributed by atoms with Gasteiger partial charge in [-0.1, -0.05) is 17.7 Å². The molecule has 2 aromatic carbocycles. The lowest BCUT2D eigenvalue weighted by Gasteiger charge is -2.37. The Bertz CT molecular complexity index is 913. The molecule has 1 N–H and O–H groups in total. The Hall–Kier alpha value is -3.04. The zero-order chi connectivity index (χ0) is 20.1. The van der Waals surface area contributed by atoms with Crippen LogP contribution in [0.4, 0.5) is 11.4 Å². The number of anilines is 2. The normalized spacial score (nSPS) is 13.8. The van der Waals surface area contributed by atoms with Gasteiger partial charge in [0.2, 0.25) is 5.91 Å². The maximum absolute atomic E-state index is 12.8. The van der Waals surface area contributed by atoms with Crippen molar-refractivity contribution >= 4 is 34.8 Å². The van der Waals surface area contributed by atoms with Crippen molar-refractivity contribution in [2.24, 2.45) is 0 Å². The van der Waals surface area contributed by atoms with Gasteiger partial charge in [-0.3, -0.25) is 9.59 Å². The summed E-state index contributed by atoms with van der Waals surface area (Å²) in [4.78, 5) is 28.3. The average Bonchev–Trinajstić information content (AvgIpc) is 2.70. The Morgan fingerprint density at radius 1 is 1.11 bits per heavy atom. The van der Waals surface area contributed by atoms with E-state index in [0.717, 1.165) is 18.8 Å². The fourth-order valence-electron chi connectivity index (χ4n) is 3.23. The number of rotatable bonds is 4. The molecule has 0 spiro atoms. The highest BCUT2D eigenvalue weighted by Gasteiger charge is 2.23. The molecular weight excluding hydrogens is 376 g/mol. The SMILES string of the molecule is Cc1ccc(Cl)cc1N1CCN(C(=O)c2ccc(NC(=O)CC#N)cc2)CC1. The summed E-state index contributed by atoms with van der Waals surface area (Å²) in [6.07, 6.45) is -0.197. The molecule has 1 fully saturated rings. The standard InChI is InChI=1S/C21H21ClN4O2/c1-15-2-5-17(22)14-19(15)25-10-12-26(13-11-25)21(28)16-3-6-18(7-4-16)24-20(27)8-9-23/h2-7,14H,8,10-13H2,1H3,(H,24,27). The van der Waals surface area contributed by atoms with E-state index in [1.54, 1.807) is 30.3 Å². The van der Waals surface area contributed by atoms with E-state index in [4.69, 9.17) is 16.9 Å². The summed E-state index contributed by atoms with van der Waals surface area (Å²) in [7, 11) is 0. The van der Waals surface area contributed by atoms with Crippen molar-refractivity contribution in [3.8, 4) is 6.07 Å². The summed E-state index contributed by atoms with van der Waals surface area (Å²) < 4.78 is 0. The molecule has 2 aromatic rings. The van der Waals surface area contributed by atoms with Crippen LogP contribution in [0.5, 0.6) is 0 Å². The minimum absolute atomic E-state index is 0.0302. The van der Waals surface area contributed by atoms with Gasteiger partial charge < -0.3 is 15.1 Å². The largest absolute Gasteiger partial charge is 0.368 e. The second-order valence-corrected chi connectivity index (χ2v) is 7.11. The van der Waals surface area contributed by atoms with E-state index in [2.05, 4.69) is 17.1 Å². The molecule has 7 heteroatoms. The number of benzene rings is 2. The van der Waals surface area contributed by atoms with Gasteiger partial charge in [0, 0.05) is 48.1 Å². The summed E-state index contributed by atoms with van der Waals surface area (Å²) in [6, 6.07) is 14.4. The number of carbonyl (C=O) groups excluding carboxylic acids is 2. The smallest absolute Gasteiger partial charge is 0.253 e. The molecule has 28 heavy (non-hydrogen) atoms. The predicted molar refractivity (Wildman–Crippen MR) is 110 cm³/mol. The highest BCUT2D eigenvalue weighted by atomic mass is 35.5. The molecule has 6 nitrogen and oxygen atoms in total. The van der Waals surface area contributed by atoms with Gasteiger partial charge in [0.05, 0.1) is 6.07 Å². The van der Waals surface area contributed by atoms with E-state index in [1.807, 2.05) is 23.1 Å². The van der Waals surface area contributed by atoms with Crippen molar-refractivity contribution in [3.63, 3.8) is 0 Å². The summed E-state index contributed by atoms with van der Waals surface area (Å²) in [5, 5.41) is 11.9. The van der Waals surface area contributed by atoms with Gasteiger partial charge in [-0.25, -0.2) is 0 Å². The van der Waals surface area contributed by atoms with Gasteiger partial charge in [-0.05, 0) is 48.9 Å². The molecule has 0 unspecified atom stereocenters. The van der Waals surface area contributed by atoms with Crippen molar-refractivity contribution in [2.75, 3.05) is 36.4 Å². The van der Waals surface area contributed by atoms with Crippen LogP contribution in [0.2, 0.25) is 5.02 Å². The zero-order valence-electron chi connectivity index (χ0n) is 15.6. The molecule has 0 aromatic heterocycles. The van der Waals surface area contributed by atoms with Crippen molar-refractivity contribution in [3.05, 3.63) is 58.6 Å². The molecule has 0 saturated carbocycles. The van der Waals surface area contributed by atoms with Crippen LogP contribution in [0, 0.1) is 18.3 Å². The van der Waals surface area contributed by atoms with Crippen molar-refractivity contribution in [1.29, 1.82) is 5.26 Å². The molecule has 1 saturated heterocycles. The van der Waals surface area contributed by atoms with Gasteiger partial charge in [-0.2, -0.15) is 5.26 Å². The Morgan fingerprint density at radius 3 is 2.43 bits per heavy atom. The summed E-state index contributed by atoms with van der Waals surface area (Å²) in [6.45, 7) is 4.81. The number of hydrogen-bond donors (Lipinski definition) is 1. The molecule has 1 aliphatic rings. The lowest BCUT2D eigenvalue weighted by atomic mass is 10.1. The van der Waals surface area contributed by atoms with E-state index in [-0.39, 0.29) is 18.2 Å². The van der Waals surface area contributed by atoms with Crippen LogP contribution < -0.4 is 10.2 Å². The third-order valence-electron chi connectivity index (χ3n) is 4.73. The molecule has 1 aliphatic heterocycles. The lowest BCUT2D eigenvalue weighted by molar-refractivity contribution is -0.115. The van der Waals surface area contributed by atoms with Crippen LogP contribution in [0.3, 0.4) is 0 Å². The number of piperazine rings is 1. The third kappa shape index (κ3) is 4.62. The first kappa shape index (κ1) is 19.7. The first-order chi connectivity index (χ1) is 13.5. The van der Waals surface area contributed by atoms with Crippen molar-refractivity contribution < 1.29 is 9.59 Å². The molecule has 144 valence electrons. The minimum atomic E-state index is -0.367. The summed E-state index contributed by atoms with van der Waals surface area (Å²) in [5.74, 6) is -0.397. The van der Waals surface area contributed by atoms with E-state index < -0.39 is 0 Å². The molecule has 2 amide bonds. The maximum atomic E-state index is 12.8. The first-order valence-electron chi connectivity index (χ1n) is 9.05. The topological polar surface area (TPSA) is 76.4 Å². The highest BCUT2D eigenvalue weighted by Crippen LogP contribution is 2.25. The molecule has 0 radical (unpaired) electrons. The minimum Gasteiger partial charge on any atom is -0.368 e. The van der Waals surface area contributed by atoms with Gasteiger partial charge >= 0.3 is 0 Å². The molecule has 3 rings (SSSR count). The second kappa shape index (κ2) is 8.77. The Morgan fingerprint density at radius 2 is 1.79 bits per heavy atom. The molecule has 1 heterocycles. The van der Waals surface area contributed by atoms with Gasteiger partial charge in [0.1, 0.15) is 6.42 Å². The number of nitrogens with zero attached hydrogens (tertiary/aromatic N) is 3. The summed E-state index contributed by atoms with van der Waals surface area (Å²) in [5.41, 5.74) is 3.42. The number of nitrogens with one attached hydrogen (secondary N) is 1. The van der Waals surface area contributed by atoms with Gasteiger partial charge in [0.15, 0.2) is 0 Å². The van der Waals surface area contributed by atoms with E-state index in [9.17, 15) is 9.59 Å². The number of amides is 2. The van der Waals surface area contributed by atoms with Crippen LogP contribution in [-0.4, -0.2) is 42.9 Å². The predicted octanol–water partition coefficient (Wildman–Crippen LogP) is 3.46. The van der Waals surface area contributed by atoms with E-state index in [1.165, 1.54) is 5.56 Å². The number of hydrogen-bond acceptors (Lipinski definition) is 4. The number of halogens is 1. The van der Waals surface area contributed by atoms with Crippen LogP contribution in [0.15, 0.2) is 42.5 Å². The monoisotopic (exact) mass is 396 g/mol. The van der Waals surface area contributed by atoms with E-state index in [0.29, 0.717) is 29.4 Å². The molecular formula is C21H21ClN4O2. The van der Waals surface area contributed by atoms with Crippen LogP contribution >= 0.6 is 11.6 Å². The number of carbonyl (C=O) groups is 2. The third-order valence-corrected chi connectivity index (χ3v) is 4.97. The first-order valence-corrected chi connectivity index (χ1v) is 9.43. The van der Waals surface area contributed by atoms with Crippen molar-refractivity contribution in [1.82, 2.24) is 4.90 Å². The zero-order valence-corrected chi connectivity index (χ0v) is 16.4. The van der Waals surface area contributed by atoms with Crippen LogP contribution in [0.25, 0.3) is 0 Å². The van der Waals surface area contributed by atoms with Gasteiger partial charge in [-0.15, -0.1) is 0 Å². The molecule has 0 atom stereocenters.